The molecule has 1 N–H and O–H groups in total. The van der Waals surface area contributed by atoms with Gasteiger partial charge in [0, 0.05) is 38.3 Å². The van der Waals surface area contributed by atoms with E-state index in [1.165, 1.54) is 11.0 Å². The van der Waals surface area contributed by atoms with Gasteiger partial charge in [0.05, 0.1) is 5.69 Å². The van der Waals surface area contributed by atoms with Crippen molar-refractivity contribution in [1.82, 2.24) is 35.3 Å². The second kappa shape index (κ2) is 9.66. The summed E-state index contributed by atoms with van der Waals surface area (Å²) >= 11 is 0. The summed E-state index contributed by atoms with van der Waals surface area (Å²) in [6.45, 7) is 10.00. The number of piperazine rings is 1. The molecule has 1 fully saturated rings. The van der Waals surface area contributed by atoms with Crippen molar-refractivity contribution in [2.24, 2.45) is 0 Å². The van der Waals surface area contributed by atoms with Gasteiger partial charge < -0.3 is 15.0 Å². The molecule has 0 spiro atoms. The van der Waals surface area contributed by atoms with Crippen molar-refractivity contribution < 1.29 is 14.3 Å². The molecule has 1 aromatic carbocycles. The number of hydrogen-bond donors (Lipinski definition) is 1. The van der Waals surface area contributed by atoms with Gasteiger partial charge in [0.2, 0.25) is 0 Å². The van der Waals surface area contributed by atoms with Crippen molar-refractivity contribution in [1.29, 1.82) is 0 Å². The average Bonchev–Trinajstić information content (AvgIpc) is 3.25. The van der Waals surface area contributed by atoms with E-state index in [9.17, 15) is 9.59 Å². The summed E-state index contributed by atoms with van der Waals surface area (Å²) in [6, 6.07) is 7.15. The van der Waals surface area contributed by atoms with Crippen LogP contribution in [0.5, 0.6) is 0 Å². The number of hydrogen-bond acceptors (Lipinski definition) is 7. The lowest BCUT2D eigenvalue weighted by atomic mass is 10.2. The van der Waals surface area contributed by atoms with E-state index in [1.807, 2.05) is 26.8 Å². The van der Waals surface area contributed by atoms with Crippen molar-refractivity contribution in [2.75, 3.05) is 39.3 Å². The summed E-state index contributed by atoms with van der Waals surface area (Å²) < 4.78 is 6.93. The molecule has 0 atom stereocenters. The van der Waals surface area contributed by atoms with Gasteiger partial charge in [-0.05, 0) is 62.4 Å². The minimum atomic E-state index is -0.474. The van der Waals surface area contributed by atoms with Crippen LogP contribution >= 0.6 is 0 Å². The van der Waals surface area contributed by atoms with E-state index in [0.717, 1.165) is 31.7 Å². The Bertz CT molecular complexity index is 840. The highest BCUT2D eigenvalue weighted by molar-refractivity contribution is 5.94. The zero-order chi connectivity index (χ0) is 21.6. The van der Waals surface area contributed by atoms with Crippen LogP contribution in [0.2, 0.25) is 0 Å². The molecule has 2 heterocycles. The summed E-state index contributed by atoms with van der Waals surface area (Å²) in [6.07, 6.45) is 2.07. The fraction of sp³-hybridized carbons (Fsp3) is 0.550. The lowest BCUT2D eigenvalue weighted by molar-refractivity contribution is 0.0144. The number of nitrogens with zero attached hydrogens (tertiary/aromatic N) is 6. The number of ether oxygens (including phenoxy) is 1. The largest absolute Gasteiger partial charge is 0.444 e. The Kier molecular flexibility index (Phi) is 6.99. The minimum absolute atomic E-state index is 0.125. The van der Waals surface area contributed by atoms with Gasteiger partial charge in [-0.2, -0.15) is 0 Å². The molecule has 162 valence electrons. The highest BCUT2D eigenvalue weighted by Gasteiger charge is 2.25. The van der Waals surface area contributed by atoms with Crippen LogP contribution in [0.1, 0.15) is 37.6 Å². The number of carbonyl (C=O) groups excluding carboxylic acids is 2. The van der Waals surface area contributed by atoms with Crippen LogP contribution in [0.15, 0.2) is 30.6 Å². The van der Waals surface area contributed by atoms with Crippen LogP contribution < -0.4 is 5.32 Å². The highest BCUT2D eigenvalue weighted by atomic mass is 16.6. The van der Waals surface area contributed by atoms with Gasteiger partial charge in [-0.3, -0.25) is 9.69 Å². The zero-order valence-electron chi connectivity index (χ0n) is 17.7. The van der Waals surface area contributed by atoms with Crippen molar-refractivity contribution >= 4 is 12.0 Å². The van der Waals surface area contributed by atoms with Crippen LogP contribution in [-0.4, -0.2) is 86.9 Å². The van der Waals surface area contributed by atoms with Gasteiger partial charge in [0.15, 0.2) is 0 Å². The molecule has 10 nitrogen and oxygen atoms in total. The maximum Gasteiger partial charge on any atom is 0.410 e. The molecule has 30 heavy (non-hydrogen) atoms. The summed E-state index contributed by atoms with van der Waals surface area (Å²) in [7, 11) is 0. The molecule has 0 bridgehead atoms. The van der Waals surface area contributed by atoms with E-state index < -0.39 is 5.60 Å². The molecule has 10 heteroatoms. The maximum atomic E-state index is 12.4. The Morgan fingerprint density at radius 3 is 2.60 bits per heavy atom. The Morgan fingerprint density at radius 2 is 1.93 bits per heavy atom. The molecule has 1 saturated heterocycles. The predicted molar refractivity (Wildman–Crippen MR) is 110 cm³/mol. The molecular formula is C20H29N7O3. The Balaban J connectivity index is 1.36. The Morgan fingerprint density at radius 1 is 1.17 bits per heavy atom. The average molecular weight is 415 g/mol. The van der Waals surface area contributed by atoms with E-state index in [0.29, 0.717) is 25.2 Å². The number of amides is 2. The number of tetrazole rings is 1. The molecule has 0 radical (unpaired) electrons. The number of aromatic nitrogens is 4. The topological polar surface area (TPSA) is 105 Å². The van der Waals surface area contributed by atoms with Crippen LogP contribution in [0, 0.1) is 0 Å². The molecule has 2 amide bonds. The van der Waals surface area contributed by atoms with E-state index in [4.69, 9.17) is 4.74 Å². The third kappa shape index (κ3) is 6.24. The molecule has 2 aromatic rings. The maximum absolute atomic E-state index is 12.4. The molecular weight excluding hydrogens is 386 g/mol. The minimum Gasteiger partial charge on any atom is -0.444 e. The van der Waals surface area contributed by atoms with Gasteiger partial charge in [0.1, 0.15) is 11.9 Å². The zero-order valence-corrected chi connectivity index (χ0v) is 17.7. The summed E-state index contributed by atoms with van der Waals surface area (Å²) in [5.74, 6) is -0.125. The van der Waals surface area contributed by atoms with Crippen LogP contribution in [0.25, 0.3) is 5.69 Å². The first-order valence-electron chi connectivity index (χ1n) is 10.1. The normalized spacial score (nSPS) is 15.1. The first kappa shape index (κ1) is 21.7. The summed E-state index contributed by atoms with van der Waals surface area (Å²) in [5, 5.41) is 14.0. The summed E-state index contributed by atoms with van der Waals surface area (Å²) in [5.41, 5.74) is 0.822. The molecule has 1 aromatic heterocycles. The Hall–Kier alpha value is -3.01. The SMILES string of the molecule is CC(C)(C)OC(=O)N1CCN(CCCNC(=O)c2cccc(-n3cnnn3)c2)CC1. The van der Waals surface area contributed by atoms with Crippen LogP contribution in [0.3, 0.4) is 0 Å². The number of nitrogens with one attached hydrogen (secondary N) is 1. The van der Waals surface area contributed by atoms with Crippen LogP contribution in [-0.2, 0) is 4.74 Å². The van der Waals surface area contributed by atoms with E-state index in [1.54, 1.807) is 23.1 Å². The fourth-order valence-electron chi connectivity index (χ4n) is 3.16. The standard InChI is InChI=1S/C20H29N7O3/c1-20(2,3)30-19(29)26-12-10-25(11-13-26)9-5-8-21-18(28)16-6-4-7-17(14-16)27-15-22-23-24-27/h4,6-7,14-15H,5,8-13H2,1-3H3,(H,21,28). The lowest BCUT2D eigenvalue weighted by Crippen LogP contribution is -2.50. The van der Waals surface area contributed by atoms with E-state index >= 15 is 0 Å². The second-order valence-corrected chi connectivity index (χ2v) is 8.22. The quantitative estimate of drug-likeness (QED) is 0.710. The second-order valence-electron chi connectivity index (χ2n) is 8.22. The monoisotopic (exact) mass is 415 g/mol. The Labute approximate surface area is 176 Å². The van der Waals surface area contributed by atoms with Crippen molar-refractivity contribution in [3.63, 3.8) is 0 Å². The third-order valence-corrected chi connectivity index (χ3v) is 4.68. The first-order chi connectivity index (χ1) is 14.3. The third-order valence-electron chi connectivity index (χ3n) is 4.68. The van der Waals surface area contributed by atoms with E-state index in [-0.39, 0.29) is 12.0 Å². The molecule has 0 saturated carbocycles. The molecule has 0 aliphatic carbocycles. The summed E-state index contributed by atoms with van der Waals surface area (Å²) in [4.78, 5) is 28.6. The van der Waals surface area contributed by atoms with Gasteiger partial charge in [-0.1, -0.05) is 6.07 Å². The van der Waals surface area contributed by atoms with E-state index in [2.05, 4.69) is 25.7 Å². The van der Waals surface area contributed by atoms with Crippen molar-refractivity contribution in [3.8, 4) is 5.69 Å². The number of carbonyl (C=O) groups is 2. The highest BCUT2D eigenvalue weighted by Crippen LogP contribution is 2.12. The van der Waals surface area contributed by atoms with Gasteiger partial charge >= 0.3 is 6.09 Å². The number of rotatable bonds is 6. The van der Waals surface area contributed by atoms with Crippen LogP contribution in [0.4, 0.5) is 4.79 Å². The lowest BCUT2D eigenvalue weighted by Gasteiger charge is -2.35. The smallest absolute Gasteiger partial charge is 0.410 e. The first-order valence-corrected chi connectivity index (χ1v) is 10.1. The van der Waals surface area contributed by atoms with Crippen molar-refractivity contribution in [3.05, 3.63) is 36.2 Å². The van der Waals surface area contributed by atoms with Gasteiger partial charge in [-0.25, -0.2) is 9.48 Å². The van der Waals surface area contributed by atoms with Crippen molar-refractivity contribution in [2.45, 2.75) is 32.8 Å². The number of benzene rings is 1. The molecule has 3 rings (SSSR count). The van der Waals surface area contributed by atoms with Gasteiger partial charge in [-0.15, -0.1) is 5.10 Å². The molecule has 1 aliphatic rings. The van der Waals surface area contributed by atoms with Gasteiger partial charge in [0.25, 0.3) is 5.91 Å². The molecule has 1 aliphatic heterocycles. The fourth-order valence-corrected chi connectivity index (χ4v) is 3.16. The predicted octanol–water partition coefficient (Wildman–Crippen LogP) is 1.33. The molecule has 0 unspecified atom stereocenters.